The van der Waals surface area contributed by atoms with Crippen LogP contribution < -0.4 is 0 Å². The van der Waals surface area contributed by atoms with Crippen molar-refractivity contribution < 1.29 is 0 Å². The largest absolute Gasteiger partial charge is 0.102 e. The van der Waals surface area contributed by atoms with E-state index in [1.165, 1.54) is 31.3 Å². The molecule has 0 aromatic heterocycles. The van der Waals surface area contributed by atoms with Gasteiger partial charge in [-0.15, -0.1) is 10.1 Å². The molecule has 0 nitrogen and oxygen atoms in total. The number of rotatable bonds is 2. The first-order valence-corrected chi connectivity index (χ1v) is 9.70. The Labute approximate surface area is 134 Å². The molecule has 0 saturated carbocycles. The van der Waals surface area contributed by atoms with Crippen LogP contribution in [0.2, 0.25) is 0 Å². The molecule has 0 bridgehead atoms. The van der Waals surface area contributed by atoms with Crippen molar-refractivity contribution in [2.24, 2.45) is 0 Å². The van der Waals surface area contributed by atoms with Crippen LogP contribution in [0.3, 0.4) is 0 Å². The quantitative estimate of drug-likeness (QED) is 0.392. The van der Waals surface area contributed by atoms with E-state index in [-0.39, 0.29) is 10.1 Å². The summed E-state index contributed by atoms with van der Waals surface area (Å²) >= 11 is 0. The van der Waals surface area contributed by atoms with Crippen LogP contribution in [-0.2, 0) is 10.1 Å². The molecule has 0 aliphatic carbocycles. The first-order chi connectivity index (χ1) is 10.8. The molecular weight excluding hydrogens is 303 g/mol. The number of fused-ring (bicyclic) bond motifs is 2. The number of benzene rings is 4. The molecule has 0 N–H and O–H groups in total. The van der Waals surface area contributed by atoms with E-state index in [2.05, 4.69) is 92.9 Å². The van der Waals surface area contributed by atoms with Gasteiger partial charge in [-0.1, -0.05) is 80.8 Å². The SMILES string of the molecule is P=S(c1cccc2ccccc12)c1cccc2ccccc12. The average Bonchev–Trinajstić information content (AvgIpc) is 2.60. The summed E-state index contributed by atoms with van der Waals surface area (Å²) in [4.78, 5) is 2.68. The Morgan fingerprint density at radius 1 is 0.500 bits per heavy atom. The Morgan fingerprint density at radius 2 is 0.909 bits per heavy atom. The smallest absolute Gasteiger partial charge is 0.0179 e. The maximum absolute atomic E-state index is 4.02. The van der Waals surface area contributed by atoms with Crippen LogP contribution in [-0.4, -0.2) is 0 Å². The molecule has 0 radical (unpaired) electrons. The van der Waals surface area contributed by atoms with Crippen LogP contribution in [0.15, 0.2) is 94.7 Å². The molecule has 4 aromatic rings. The van der Waals surface area contributed by atoms with Crippen molar-refractivity contribution in [3.8, 4) is 0 Å². The van der Waals surface area contributed by atoms with Gasteiger partial charge >= 0.3 is 0 Å². The van der Waals surface area contributed by atoms with Gasteiger partial charge in [0.2, 0.25) is 0 Å². The van der Waals surface area contributed by atoms with Crippen molar-refractivity contribution in [2.45, 2.75) is 9.79 Å². The van der Waals surface area contributed by atoms with Gasteiger partial charge in [0.25, 0.3) is 0 Å². The van der Waals surface area contributed by atoms with Gasteiger partial charge in [0, 0.05) is 9.79 Å². The highest BCUT2D eigenvalue weighted by molar-refractivity contribution is 8.16. The zero-order chi connectivity index (χ0) is 14.9. The van der Waals surface area contributed by atoms with Crippen molar-refractivity contribution >= 4 is 39.6 Å². The second-order valence-corrected chi connectivity index (χ2v) is 7.98. The van der Waals surface area contributed by atoms with Gasteiger partial charge in [-0.3, -0.25) is 0 Å². The molecule has 0 fully saturated rings. The van der Waals surface area contributed by atoms with E-state index in [9.17, 15) is 0 Å². The molecule has 2 heteroatoms. The van der Waals surface area contributed by atoms with Crippen LogP contribution in [0.4, 0.5) is 0 Å². The van der Waals surface area contributed by atoms with Crippen LogP contribution in [0.5, 0.6) is 0 Å². The summed E-state index contributed by atoms with van der Waals surface area (Å²) in [7, 11) is 3.88. The Hall–Kier alpha value is -1.95. The predicted octanol–water partition coefficient (Wildman–Crippen LogP) is 6.09. The van der Waals surface area contributed by atoms with Crippen molar-refractivity contribution in [2.75, 3.05) is 0 Å². The average molecular weight is 318 g/mol. The van der Waals surface area contributed by atoms with Crippen molar-refractivity contribution in [3.05, 3.63) is 84.9 Å². The topological polar surface area (TPSA) is 0 Å². The third kappa shape index (κ3) is 2.27. The summed E-state index contributed by atoms with van der Waals surface area (Å²) in [6.07, 6.45) is 0. The Morgan fingerprint density at radius 3 is 1.41 bits per heavy atom. The summed E-state index contributed by atoms with van der Waals surface area (Å²) in [5.74, 6) is 0. The van der Waals surface area contributed by atoms with Gasteiger partial charge in [0.15, 0.2) is 0 Å². The maximum atomic E-state index is 4.02. The monoisotopic (exact) mass is 318 g/mol. The Bertz CT molecular complexity index is 913. The van der Waals surface area contributed by atoms with E-state index >= 15 is 0 Å². The summed E-state index contributed by atoms with van der Waals surface area (Å²) in [6.45, 7) is 0. The summed E-state index contributed by atoms with van der Waals surface area (Å²) < 4.78 is 0. The second-order valence-electron chi connectivity index (χ2n) is 5.26. The fraction of sp³-hybridized carbons (Fsp3) is 0. The summed E-state index contributed by atoms with van der Waals surface area (Å²) in [5, 5.41) is 5.21. The van der Waals surface area contributed by atoms with E-state index < -0.39 is 0 Å². The molecule has 0 aliphatic rings. The van der Waals surface area contributed by atoms with Crippen LogP contribution >= 0.6 is 8.02 Å². The lowest BCUT2D eigenvalue weighted by atomic mass is 10.1. The predicted molar refractivity (Wildman–Crippen MR) is 100 cm³/mol. The van der Waals surface area contributed by atoms with Crippen LogP contribution in [0, 0.1) is 0 Å². The molecule has 0 amide bonds. The van der Waals surface area contributed by atoms with E-state index in [0.717, 1.165) is 0 Å². The second kappa shape index (κ2) is 5.68. The molecule has 0 spiro atoms. The normalized spacial score (nSPS) is 11.3. The minimum Gasteiger partial charge on any atom is -0.102 e. The molecule has 0 atom stereocenters. The lowest BCUT2D eigenvalue weighted by molar-refractivity contribution is 1.48. The van der Waals surface area contributed by atoms with Crippen molar-refractivity contribution in [1.82, 2.24) is 0 Å². The molecule has 4 rings (SSSR count). The van der Waals surface area contributed by atoms with Gasteiger partial charge in [0.05, 0.1) is 0 Å². The number of hydrogen-bond acceptors (Lipinski definition) is 0. The Balaban J connectivity index is 1.97. The van der Waals surface area contributed by atoms with Crippen LogP contribution in [0.25, 0.3) is 21.5 Å². The highest BCUT2D eigenvalue weighted by Gasteiger charge is 2.08. The van der Waals surface area contributed by atoms with E-state index in [0.29, 0.717) is 0 Å². The first-order valence-electron chi connectivity index (χ1n) is 7.26. The summed E-state index contributed by atoms with van der Waals surface area (Å²) in [6, 6.07) is 30.2. The molecule has 4 aromatic carbocycles. The summed E-state index contributed by atoms with van der Waals surface area (Å²) in [5.41, 5.74) is 0. The maximum Gasteiger partial charge on any atom is 0.0179 e. The lowest BCUT2D eigenvalue weighted by Crippen LogP contribution is -1.92. The molecule has 22 heavy (non-hydrogen) atoms. The standard InChI is InChI=1S/C20H15PS/c21-22(19-13-5-9-15-7-1-3-11-17(15)19)20-14-6-10-16-8-2-4-12-18(16)20/h1-14,21H. The van der Waals surface area contributed by atoms with Crippen molar-refractivity contribution in [1.29, 1.82) is 0 Å². The molecule has 0 heterocycles. The van der Waals surface area contributed by atoms with Gasteiger partial charge in [-0.2, -0.15) is 0 Å². The minimum absolute atomic E-state index is 0.140. The third-order valence-electron chi connectivity index (χ3n) is 3.94. The fourth-order valence-electron chi connectivity index (χ4n) is 2.87. The minimum atomic E-state index is -0.140. The van der Waals surface area contributed by atoms with Crippen LogP contribution in [0.1, 0.15) is 0 Å². The molecular formula is C20H15PS. The van der Waals surface area contributed by atoms with Gasteiger partial charge in [-0.25, -0.2) is 0 Å². The fourth-order valence-corrected chi connectivity index (χ4v) is 5.41. The highest BCUT2D eigenvalue weighted by atomic mass is 32.5. The molecule has 0 saturated heterocycles. The highest BCUT2D eigenvalue weighted by Crippen LogP contribution is 2.31. The Kier molecular flexibility index (Phi) is 3.54. The van der Waals surface area contributed by atoms with Gasteiger partial charge in [-0.05, 0) is 33.7 Å². The third-order valence-corrected chi connectivity index (χ3v) is 6.85. The molecule has 106 valence electrons. The lowest BCUT2D eigenvalue weighted by Gasteiger charge is -2.13. The van der Waals surface area contributed by atoms with Crippen molar-refractivity contribution in [3.63, 3.8) is 0 Å². The van der Waals surface area contributed by atoms with Gasteiger partial charge in [0.1, 0.15) is 0 Å². The van der Waals surface area contributed by atoms with Gasteiger partial charge < -0.3 is 0 Å². The zero-order valence-corrected chi connectivity index (χ0v) is 13.8. The zero-order valence-electron chi connectivity index (χ0n) is 12.0. The molecule has 0 aliphatic heterocycles. The van der Waals surface area contributed by atoms with E-state index in [4.69, 9.17) is 0 Å². The molecule has 0 unspecified atom stereocenters. The van der Waals surface area contributed by atoms with E-state index in [1.807, 2.05) is 0 Å². The first kappa shape index (κ1) is 13.7. The van der Waals surface area contributed by atoms with E-state index in [1.54, 1.807) is 0 Å². The number of hydrogen-bond donors (Lipinski definition) is 0.